The van der Waals surface area contributed by atoms with Crippen molar-refractivity contribution in [3.8, 4) is 5.75 Å². The summed E-state index contributed by atoms with van der Waals surface area (Å²) in [6, 6.07) is 19.6. The number of hydrogen-bond donors (Lipinski definition) is 0. The maximum atomic E-state index is 14.0. The molecule has 5 rings (SSSR count). The first-order chi connectivity index (χ1) is 17.8. The van der Waals surface area contributed by atoms with Gasteiger partial charge in [-0.25, -0.2) is 0 Å². The number of amides is 1. The Bertz CT molecular complexity index is 924. The van der Waals surface area contributed by atoms with Crippen molar-refractivity contribution in [3.05, 3.63) is 65.7 Å². The largest absolute Gasteiger partial charge is 0.493 e. The minimum Gasteiger partial charge on any atom is -0.493 e. The molecule has 0 N–H and O–H groups in total. The summed E-state index contributed by atoms with van der Waals surface area (Å²) in [5.74, 6) is 1.73. The van der Waals surface area contributed by atoms with Crippen LogP contribution in [0.25, 0.3) is 0 Å². The van der Waals surface area contributed by atoms with Crippen molar-refractivity contribution >= 4 is 5.91 Å². The van der Waals surface area contributed by atoms with Gasteiger partial charge in [-0.2, -0.15) is 0 Å². The monoisotopic (exact) mass is 488 g/mol. The molecule has 1 aliphatic carbocycles. The fourth-order valence-corrected chi connectivity index (χ4v) is 6.72. The lowest BCUT2D eigenvalue weighted by atomic mass is 9.76. The SMILES string of the molecule is O=C(C(c1ccc(OCCc2ccccc2)cc1)C1CCCCC1)N1CCC(N2CCCCC2)CC1. The number of ether oxygens (including phenoxy) is 1. The normalized spacial score (nSPS) is 21.3. The average Bonchev–Trinajstić information content (AvgIpc) is 2.96. The number of hydrogen-bond acceptors (Lipinski definition) is 3. The molecule has 4 heteroatoms. The molecule has 2 saturated heterocycles. The van der Waals surface area contributed by atoms with Gasteiger partial charge < -0.3 is 14.5 Å². The van der Waals surface area contributed by atoms with Gasteiger partial charge in [0.05, 0.1) is 12.5 Å². The van der Waals surface area contributed by atoms with E-state index in [4.69, 9.17) is 4.74 Å². The van der Waals surface area contributed by atoms with E-state index in [1.54, 1.807) is 0 Å². The highest BCUT2D eigenvalue weighted by molar-refractivity contribution is 5.84. The fourth-order valence-electron chi connectivity index (χ4n) is 6.72. The molecule has 194 valence electrons. The summed E-state index contributed by atoms with van der Waals surface area (Å²) < 4.78 is 6.04. The molecule has 1 atom stereocenters. The summed E-state index contributed by atoms with van der Waals surface area (Å²) in [5, 5.41) is 0. The van der Waals surface area contributed by atoms with Gasteiger partial charge in [-0.3, -0.25) is 4.79 Å². The quantitative estimate of drug-likeness (QED) is 0.428. The van der Waals surface area contributed by atoms with Crippen molar-refractivity contribution in [3.63, 3.8) is 0 Å². The molecule has 2 aromatic rings. The van der Waals surface area contributed by atoms with E-state index < -0.39 is 0 Å². The van der Waals surface area contributed by atoms with Gasteiger partial charge in [-0.05, 0) is 80.8 Å². The van der Waals surface area contributed by atoms with Crippen LogP contribution >= 0.6 is 0 Å². The fraction of sp³-hybridized carbons (Fsp3) is 0.594. The van der Waals surface area contributed by atoms with Crippen molar-refractivity contribution < 1.29 is 9.53 Å². The van der Waals surface area contributed by atoms with E-state index in [0.29, 0.717) is 24.5 Å². The second-order valence-corrected chi connectivity index (χ2v) is 11.2. The number of carbonyl (C=O) groups excluding carboxylic acids is 1. The zero-order chi connectivity index (χ0) is 24.6. The van der Waals surface area contributed by atoms with Gasteiger partial charge in [0.1, 0.15) is 5.75 Å². The molecular formula is C32H44N2O2. The molecule has 1 amide bonds. The van der Waals surface area contributed by atoms with Crippen LogP contribution in [0.5, 0.6) is 5.75 Å². The summed E-state index contributed by atoms with van der Waals surface area (Å²) in [4.78, 5) is 18.9. The molecular weight excluding hydrogens is 444 g/mol. The van der Waals surface area contributed by atoms with Crippen LogP contribution in [-0.2, 0) is 11.2 Å². The summed E-state index contributed by atoms with van der Waals surface area (Å²) in [6.07, 6.45) is 13.4. The summed E-state index contributed by atoms with van der Waals surface area (Å²) in [7, 11) is 0. The van der Waals surface area contributed by atoms with Crippen LogP contribution in [0.15, 0.2) is 54.6 Å². The van der Waals surface area contributed by atoms with Crippen LogP contribution in [0.4, 0.5) is 0 Å². The predicted molar refractivity (Wildman–Crippen MR) is 146 cm³/mol. The van der Waals surface area contributed by atoms with E-state index in [0.717, 1.165) is 38.1 Å². The number of piperidine rings is 2. The zero-order valence-electron chi connectivity index (χ0n) is 22.0. The lowest BCUT2D eigenvalue weighted by Crippen LogP contribution is -2.49. The van der Waals surface area contributed by atoms with Gasteiger partial charge >= 0.3 is 0 Å². The van der Waals surface area contributed by atoms with Crippen molar-refractivity contribution in [1.82, 2.24) is 9.80 Å². The van der Waals surface area contributed by atoms with Crippen LogP contribution in [0.3, 0.4) is 0 Å². The Kier molecular flexibility index (Phi) is 8.98. The predicted octanol–water partition coefficient (Wildman–Crippen LogP) is 6.45. The van der Waals surface area contributed by atoms with Crippen LogP contribution in [0.1, 0.15) is 81.3 Å². The molecule has 0 radical (unpaired) electrons. The van der Waals surface area contributed by atoms with E-state index in [-0.39, 0.29) is 5.92 Å². The first kappa shape index (κ1) is 25.3. The first-order valence-electron chi connectivity index (χ1n) is 14.6. The van der Waals surface area contributed by atoms with Crippen LogP contribution in [-0.4, -0.2) is 54.5 Å². The topological polar surface area (TPSA) is 32.8 Å². The highest BCUT2D eigenvalue weighted by Gasteiger charge is 2.36. The van der Waals surface area contributed by atoms with Crippen LogP contribution in [0.2, 0.25) is 0 Å². The summed E-state index contributed by atoms with van der Waals surface area (Å²) >= 11 is 0. The third-order valence-electron chi connectivity index (χ3n) is 8.81. The molecule has 0 spiro atoms. The highest BCUT2D eigenvalue weighted by atomic mass is 16.5. The van der Waals surface area contributed by atoms with E-state index in [1.165, 1.54) is 75.6 Å². The summed E-state index contributed by atoms with van der Waals surface area (Å²) in [5.41, 5.74) is 2.47. The lowest BCUT2D eigenvalue weighted by Gasteiger charge is -2.42. The van der Waals surface area contributed by atoms with Gasteiger partial charge in [0, 0.05) is 25.6 Å². The summed E-state index contributed by atoms with van der Waals surface area (Å²) in [6.45, 7) is 5.01. The number of benzene rings is 2. The molecule has 0 bridgehead atoms. The number of rotatable bonds is 8. The van der Waals surface area contributed by atoms with Gasteiger partial charge in [0.2, 0.25) is 5.91 Å². The van der Waals surface area contributed by atoms with Crippen LogP contribution < -0.4 is 4.74 Å². The van der Waals surface area contributed by atoms with Crippen molar-refractivity contribution in [2.75, 3.05) is 32.8 Å². The zero-order valence-corrected chi connectivity index (χ0v) is 22.0. The maximum absolute atomic E-state index is 14.0. The third kappa shape index (κ3) is 6.51. The Morgan fingerprint density at radius 1 is 0.778 bits per heavy atom. The smallest absolute Gasteiger partial charge is 0.230 e. The Labute approximate surface area is 218 Å². The van der Waals surface area contributed by atoms with E-state index in [9.17, 15) is 4.79 Å². The molecule has 3 aliphatic rings. The Hall–Kier alpha value is -2.33. The van der Waals surface area contributed by atoms with Crippen molar-refractivity contribution in [2.24, 2.45) is 5.92 Å². The Morgan fingerprint density at radius 2 is 1.44 bits per heavy atom. The maximum Gasteiger partial charge on any atom is 0.230 e. The molecule has 36 heavy (non-hydrogen) atoms. The number of carbonyl (C=O) groups is 1. The molecule has 4 nitrogen and oxygen atoms in total. The van der Waals surface area contributed by atoms with E-state index in [2.05, 4.69) is 58.3 Å². The molecule has 1 unspecified atom stereocenters. The second kappa shape index (κ2) is 12.8. The first-order valence-corrected chi connectivity index (χ1v) is 14.6. The highest BCUT2D eigenvalue weighted by Crippen LogP contribution is 2.38. The molecule has 2 aliphatic heterocycles. The van der Waals surface area contributed by atoms with Gasteiger partial charge in [-0.1, -0.05) is 68.1 Å². The molecule has 2 heterocycles. The second-order valence-electron chi connectivity index (χ2n) is 11.2. The lowest BCUT2D eigenvalue weighted by molar-refractivity contribution is -0.136. The number of likely N-dealkylation sites (tertiary alicyclic amines) is 2. The van der Waals surface area contributed by atoms with Gasteiger partial charge in [-0.15, -0.1) is 0 Å². The third-order valence-corrected chi connectivity index (χ3v) is 8.81. The molecule has 2 aromatic carbocycles. The Balaban J connectivity index is 1.21. The minimum absolute atomic E-state index is 0.00444. The minimum atomic E-state index is -0.00444. The number of nitrogens with zero attached hydrogens (tertiary/aromatic N) is 2. The van der Waals surface area contributed by atoms with E-state index in [1.807, 2.05) is 6.07 Å². The molecule has 3 fully saturated rings. The average molecular weight is 489 g/mol. The van der Waals surface area contributed by atoms with Gasteiger partial charge in [0.15, 0.2) is 0 Å². The van der Waals surface area contributed by atoms with Gasteiger partial charge in [0.25, 0.3) is 0 Å². The van der Waals surface area contributed by atoms with Crippen molar-refractivity contribution in [1.29, 1.82) is 0 Å². The molecule has 1 saturated carbocycles. The van der Waals surface area contributed by atoms with Crippen LogP contribution in [0, 0.1) is 5.92 Å². The standard InChI is InChI=1S/C32H44N2O2/c35-32(34-23-18-29(19-24-34)33-21-8-3-9-22-33)31(27-12-6-2-7-13-27)28-14-16-30(17-15-28)36-25-20-26-10-4-1-5-11-26/h1,4-5,10-11,14-17,27,29,31H,2-3,6-9,12-13,18-25H2. The van der Waals surface area contributed by atoms with Crippen molar-refractivity contribution in [2.45, 2.75) is 82.6 Å². The van der Waals surface area contributed by atoms with E-state index >= 15 is 0 Å². The molecule has 0 aromatic heterocycles. The Morgan fingerprint density at radius 3 is 2.14 bits per heavy atom.